The van der Waals surface area contributed by atoms with Crippen molar-refractivity contribution in [2.24, 2.45) is 5.73 Å². The Kier molecular flexibility index (Phi) is 3.95. The first-order valence-electron chi connectivity index (χ1n) is 5.86. The van der Waals surface area contributed by atoms with Crippen LogP contribution < -0.4 is 10.5 Å². The highest BCUT2D eigenvalue weighted by Crippen LogP contribution is 2.19. The summed E-state index contributed by atoms with van der Waals surface area (Å²) in [6, 6.07) is 12.5. The predicted molar refractivity (Wildman–Crippen MR) is 69.8 cm³/mol. The number of rotatable bonds is 4. The van der Waals surface area contributed by atoms with Crippen molar-refractivity contribution >= 4 is 0 Å². The zero-order valence-electron chi connectivity index (χ0n) is 10.3. The lowest BCUT2D eigenvalue weighted by molar-refractivity contribution is 0.303. The van der Waals surface area contributed by atoms with Crippen LogP contribution in [-0.4, -0.2) is 0 Å². The summed E-state index contributed by atoms with van der Waals surface area (Å²) in [7, 11) is 0. The second kappa shape index (κ2) is 5.65. The smallest absolute Gasteiger partial charge is 0.123 e. The first-order valence-corrected chi connectivity index (χ1v) is 5.86. The van der Waals surface area contributed by atoms with Crippen LogP contribution in [0.4, 0.5) is 4.39 Å². The van der Waals surface area contributed by atoms with Crippen molar-refractivity contribution in [3.63, 3.8) is 0 Å². The molecule has 0 saturated carbocycles. The predicted octanol–water partition coefficient (Wildman–Crippen LogP) is 3.17. The molecule has 0 radical (unpaired) electrons. The molecule has 2 N–H and O–H groups in total. The number of hydrogen-bond donors (Lipinski definition) is 1. The molecule has 0 saturated heterocycles. The third kappa shape index (κ3) is 3.08. The summed E-state index contributed by atoms with van der Waals surface area (Å²) >= 11 is 0. The summed E-state index contributed by atoms with van der Waals surface area (Å²) in [5.74, 6) is 0.464. The Morgan fingerprint density at radius 2 is 1.72 bits per heavy atom. The Bertz CT molecular complexity index is 523. The van der Waals surface area contributed by atoms with E-state index in [4.69, 9.17) is 10.5 Å². The van der Waals surface area contributed by atoms with Crippen LogP contribution >= 0.6 is 0 Å². The number of benzene rings is 2. The van der Waals surface area contributed by atoms with E-state index in [1.165, 1.54) is 12.1 Å². The van der Waals surface area contributed by atoms with Gasteiger partial charge in [0, 0.05) is 6.54 Å². The van der Waals surface area contributed by atoms with Gasteiger partial charge in [-0.2, -0.15) is 0 Å². The quantitative estimate of drug-likeness (QED) is 0.898. The van der Waals surface area contributed by atoms with Crippen LogP contribution in [-0.2, 0) is 13.2 Å². The average molecular weight is 245 g/mol. The van der Waals surface area contributed by atoms with Crippen molar-refractivity contribution in [2.45, 2.75) is 20.1 Å². The van der Waals surface area contributed by atoms with Gasteiger partial charge in [0.1, 0.15) is 18.2 Å². The maximum atomic E-state index is 12.9. The highest BCUT2D eigenvalue weighted by molar-refractivity contribution is 5.33. The molecule has 0 aliphatic heterocycles. The SMILES string of the molecule is Cc1cc(F)ccc1OCc1ccc(CN)cc1. The van der Waals surface area contributed by atoms with Crippen molar-refractivity contribution in [1.29, 1.82) is 0 Å². The van der Waals surface area contributed by atoms with E-state index < -0.39 is 0 Å². The van der Waals surface area contributed by atoms with Crippen LogP contribution in [0, 0.1) is 12.7 Å². The Morgan fingerprint density at radius 3 is 2.33 bits per heavy atom. The fourth-order valence-corrected chi connectivity index (χ4v) is 1.71. The largest absolute Gasteiger partial charge is 0.489 e. The molecule has 0 aromatic heterocycles. The first kappa shape index (κ1) is 12.6. The zero-order chi connectivity index (χ0) is 13.0. The van der Waals surface area contributed by atoms with Gasteiger partial charge in [0.05, 0.1) is 0 Å². The number of aryl methyl sites for hydroxylation is 1. The Balaban J connectivity index is 2.02. The third-order valence-electron chi connectivity index (χ3n) is 2.79. The minimum Gasteiger partial charge on any atom is -0.489 e. The second-order valence-electron chi connectivity index (χ2n) is 4.22. The minimum absolute atomic E-state index is 0.243. The molecular formula is C15H16FNO. The molecule has 0 atom stereocenters. The van der Waals surface area contributed by atoms with Crippen molar-refractivity contribution in [3.05, 3.63) is 65.0 Å². The van der Waals surface area contributed by atoms with Crippen LogP contribution in [0.1, 0.15) is 16.7 Å². The van der Waals surface area contributed by atoms with Crippen LogP contribution in [0.5, 0.6) is 5.75 Å². The van der Waals surface area contributed by atoms with Gasteiger partial charge in [0.25, 0.3) is 0 Å². The molecule has 2 rings (SSSR count). The summed E-state index contributed by atoms with van der Waals surface area (Å²) < 4.78 is 18.6. The summed E-state index contributed by atoms with van der Waals surface area (Å²) in [5.41, 5.74) is 8.49. The summed E-state index contributed by atoms with van der Waals surface area (Å²) in [5, 5.41) is 0. The van der Waals surface area contributed by atoms with E-state index in [0.29, 0.717) is 18.9 Å². The highest BCUT2D eigenvalue weighted by Gasteiger charge is 2.01. The number of nitrogens with two attached hydrogens (primary N) is 1. The lowest BCUT2D eigenvalue weighted by atomic mass is 10.1. The van der Waals surface area contributed by atoms with Crippen molar-refractivity contribution in [3.8, 4) is 5.75 Å². The summed E-state index contributed by atoms with van der Waals surface area (Å²) in [6.07, 6.45) is 0. The lowest BCUT2D eigenvalue weighted by Crippen LogP contribution is -1.99. The average Bonchev–Trinajstić information content (AvgIpc) is 2.38. The monoisotopic (exact) mass is 245 g/mol. The summed E-state index contributed by atoms with van der Waals surface area (Å²) in [4.78, 5) is 0. The topological polar surface area (TPSA) is 35.2 Å². The Labute approximate surface area is 106 Å². The van der Waals surface area contributed by atoms with Gasteiger partial charge >= 0.3 is 0 Å². The van der Waals surface area contributed by atoms with Gasteiger partial charge in [0.15, 0.2) is 0 Å². The van der Waals surface area contributed by atoms with E-state index in [9.17, 15) is 4.39 Å². The van der Waals surface area contributed by atoms with Gasteiger partial charge in [-0.1, -0.05) is 24.3 Å². The molecule has 0 heterocycles. The van der Waals surface area contributed by atoms with Gasteiger partial charge in [-0.15, -0.1) is 0 Å². The fourth-order valence-electron chi connectivity index (χ4n) is 1.71. The normalized spacial score (nSPS) is 10.4. The zero-order valence-corrected chi connectivity index (χ0v) is 10.3. The van der Waals surface area contributed by atoms with Crippen LogP contribution in [0.15, 0.2) is 42.5 Å². The Hall–Kier alpha value is -1.87. The molecule has 0 unspecified atom stereocenters. The molecule has 0 aliphatic carbocycles. The second-order valence-corrected chi connectivity index (χ2v) is 4.22. The first-order chi connectivity index (χ1) is 8.69. The summed E-state index contributed by atoms with van der Waals surface area (Å²) in [6.45, 7) is 2.84. The Morgan fingerprint density at radius 1 is 1.06 bits per heavy atom. The van der Waals surface area contributed by atoms with E-state index >= 15 is 0 Å². The van der Waals surface area contributed by atoms with Gasteiger partial charge < -0.3 is 10.5 Å². The van der Waals surface area contributed by atoms with E-state index in [2.05, 4.69) is 0 Å². The molecule has 0 amide bonds. The fraction of sp³-hybridized carbons (Fsp3) is 0.200. The molecule has 0 fully saturated rings. The molecule has 2 aromatic rings. The maximum Gasteiger partial charge on any atom is 0.123 e. The molecule has 0 spiro atoms. The third-order valence-corrected chi connectivity index (χ3v) is 2.79. The van der Waals surface area contributed by atoms with Gasteiger partial charge in [-0.05, 0) is 41.8 Å². The molecule has 0 bridgehead atoms. The van der Waals surface area contributed by atoms with Crippen molar-refractivity contribution in [2.75, 3.05) is 0 Å². The van der Waals surface area contributed by atoms with Gasteiger partial charge in [-0.3, -0.25) is 0 Å². The molecule has 0 aliphatic rings. The van der Waals surface area contributed by atoms with E-state index in [0.717, 1.165) is 16.7 Å². The molecule has 94 valence electrons. The van der Waals surface area contributed by atoms with Crippen molar-refractivity contribution < 1.29 is 9.13 Å². The van der Waals surface area contributed by atoms with Crippen LogP contribution in [0.2, 0.25) is 0 Å². The number of halogens is 1. The lowest BCUT2D eigenvalue weighted by Gasteiger charge is -2.09. The highest BCUT2D eigenvalue weighted by atomic mass is 19.1. The molecule has 18 heavy (non-hydrogen) atoms. The molecule has 2 aromatic carbocycles. The number of hydrogen-bond acceptors (Lipinski definition) is 2. The standard InChI is InChI=1S/C15H16FNO/c1-11-8-14(16)6-7-15(11)18-10-13-4-2-12(9-17)3-5-13/h2-8H,9-10,17H2,1H3. The number of ether oxygens (including phenoxy) is 1. The van der Waals surface area contributed by atoms with E-state index in [-0.39, 0.29) is 5.82 Å². The van der Waals surface area contributed by atoms with E-state index in [1.807, 2.05) is 31.2 Å². The van der Waals surface area contributed by atoms with Crippen LogP contribution in [0.3, 0.4) is 0 Å². The van der Waals surface area contributed by atoms with Gasteiger partial charge in [-0.25, -0.2) is 4.39 Å². The van der Waals surface area contributed by atoms with Crippen LogP contribution in [0.25, 0.3) is 0 Å². The molecular weight excluding hydrogens is 229 g/mol. The minimum atomic E-state index is -0.243. The van der Waals surface area contributed by atoms with E-state index in [1.54, 1.807) is 6.07 Å². The molecule has 2 nitrogen and oxygen atoms in total. The molecule has 3 heteroatoms. The van der Waals surface area contributed by atoms with Gasteiger partial charge in [0.2, 0.25) is 0 Å². The van der Waals surface area contributed by atoms with Crippen molar-refractivity contribution in [1.82, 2.24) is 0 Å². The maximum absolute atomic E-state index is 12.9.